The molecule has 0 unspecified atom stereocenters. The lowest BCUT2D eigenvalue weighted by Gasteiger charge is -2.32. The van der Waals surface area contributed by atoms with Gasteiger partial charge in [0.1, 0.15) is 11.6 Å². The molecular formula is C12H22N6. The zero-order valence-corrected chi connectivity index (χ0v) is 10.9. The zero-order valence-electron chi connectivity index (χ0n) is 10.9. The normalized spacial score (nSPS) is 16.9. The van der Waals surface area contributed by atoms with Crippen LogP contribution < -0.4 is 21.9 Å². The van der Waals surface area contributed by atoms with Crippen LogP contribution in [0.2, 0.25) is 0 Å². The molecule has 0 aromatic carbocycles. The number of anilines is 3. The van der Waals surface area contributed by atoms with Crippen molar-refractivity contribution in [1.29, 1.82) is 0 Å². The summed E-state index contributed by atoms with van der Waals surface area (Å²) in [6.45, 7) is 4.31. The minimum atomic E-state index is 0.260. The van der Waals surface area contributed by atoms with E-state index in [9.17, 15) is 0 Å². The Balaban J connectivity index is 2.02. The Labute approximate surface area is 108 Å². The molecule has 1 aromatic rings. The van der Waals surface area contributed by atoms with E-state index in [-0.39, 0.29) is 5.95 Å². The van der Waals surface area contributed by atoms with Crippen molar-refractivity contribution in [3.8, 4) is 0 Å². The second-order valence-corrected chi connectivity index (χ2v) is 4.83. The number of nitrogens with zero attached hydrogens (tertiary/aromatic N) is 3. The summed E-state index contributed by atoms with van der Waals surface area (Å²) in [5, 5.41) is 0. The van der Waals surface area contributed by atoms with Gasteiger partial charge >= 0.3 is 0 Å². The minimum absolute atomic E-state index is 0.260. The Bertz CT molecular complexity index is 386. The van der Waals surface area contributed by atoms with E-state index in [0.717, 1.165) is 24.8 Å². The SMILES string of the molecule is CCCC1CCN(c2cc(NN)nc(N)n2)CC1. The summed E-state index contributed by atoms with van der Waals surface area (Å²) in [6, 6.07) is 1.84. The maximum Gasteiger partial charge on any atom is 0.223 e. The molecule has 2 heterocycles. The molecule has 0 aliphatic carbocycles. The molecule has 1 fully saturated rings. The first kappa shape index (κ1) is 12.9. The molecule has 1 aliphatic rings. The molecule has 1 saturated heterocycles. The quantitative estimate of drug-likeness (QED) is 0.552. The third-order valence-electron chi connectivity index (χ3n) is 3.51. The van der Waals surface area contributed by atoms with Crippen LogP contribution >= 0.6 is 0 Å². The molecule has 0 atom stereocenters. The van der Waals surface area contributed by atoms with Gasteiger partial charge in [0.15, 0.2) is 0 Å². The molecule has 0 spiro atoms. The topological polar surface area (TPSA) is 93.1 Å². The van der Waals surface area contributed by atoms with Gasteiger partial charge in [-0.2, -0.15) is 9.97 Å². The fourth-order valence-electron chi connectivity index (χ4n) is 2.55. The average Bonchev–Trinajstić information content (AvgIpc) is 2.39. The number of nitrogens with one attached hydrogen (secondary N) is 1. The smallest absolute Gasteiger partial charge is 0.223 e. The lowest BCUT2D eigenvalue weighted by molar-refractivity contribution is 0.377. The van der Waals surface area contributed by atoms with Crippen molar-refractivity contribution < 1.29 is 0 Å². The van der Waals surface area contributed by atoms with Crippen LogP contribution in [0.4, 0.5) is 17.6 Å². The highest BCUT2D eigenvalue weighted by atomic mass is 15.3. The Morgan fingerprint density at radius 3 is 2.72 bits per heavy atom. The molecule has 100 valence electrons. The molecule has 0 bridgehead atoms. The second kappa shape index (κ2) is 5.86. The van der Waals surface area contributed by atoms with Crippen LogP contribution in [-0.2, 0) is 0 Å². The summed E-state index contributed by atoms with van der Waals surface area (Å²) in [7, 11) is 0. The Morgan fingerprint density at radius 2 is 2.11 bits per heavy atom. The third kappa shape index (κ3) is 3.01. The number of rotatable bonds is 4. The molecule has 6 nitrogen and oxygen atoms in total. The largest absolute Gasteiger partial charge is 0.368 e. The van der Waals surface area contributed by atoms with Gasteiger partial charge < -0.3 is 16.1 Å². The maximum atomic E-state index is 5.67. The Morgan fingerprint density at radius 1 is 1.39 bits per heavy atom. The number of nitrogens with two attached hydrogens (primary N) is 2. The lowest BCUT2D eigenvalue weighted by Crippen LogP contribution is -2.34. The van der Waals surface area contributed by atoms with Crippen molar-refractivity contribution >= 4 is 17.6 Å². The van der Waals surface area contributed by atoms with E-state index in [4.69, 9.17) is 11.6 Å². The van der Waals surface area contributed by atoms with Crippen molar-refractivity contribution in [3.05, 3.63) is 6.07 Å². The first-order valence-corrected chi connectivity index (χ1v) is 6.59. The summed E-state index contributed by atoms with van der Waals surface area (Å²) >= 11 is 0. The minimum Gasteiger partial charge on any atom is -0.368 e. The highest BCUT2D eigenvalue weighted by Gasteiger charge is 2.20. The standard InChI is InChI=1S/C12H22N6/c1-2-3-9-4-6-18(7-5-9)11-8-10(17-14)15-12(13)16-11/h8-9H,2-7,14H2,1H3,(H3,13,15,16,17). The van der Waals surface area contributed by atoms with Crippen molar-refractivity contribution in [1.82, 2.24) is 9.97 Å². The van der Waals surface area contributed by atoms with Crippen LogP contribution in [0.25, 0.3) is 0 Å². The molecule has 6 heteroatoms. The van der Waals surface area contributed by atoms with Crippen molar-refractivity contribution in [2.45, 2.75) is 32.6 Å². The number of hydrazine groups is 1. The first-order chi connectivity index (χ1) is 8.72. The number of nitrogen functional groups attached to an aromatic ring is 2. The highest BCUT2D eigenvalue weighted by Crippen LogP contribution is 2.26. The predicted molar refractivity (Wildman–Crippen MR) is 74.1 cm³/mol. The molecule has 5 N–H and O–H groups in total. The van der Waals surface area contributed by atoms with Crippen LogP contribution in [0.5, 0.6) is 0 Å². The molecule has 0 saturated carbocycles. The van der Waals surface area contributed by atoms with Crippen LogP contribution in [-0.4, -0.2) is 23.1 Å². The van der Waals surface area contributed by atoms with Crippen LogP contribution in [0, 0.1) is 5.92 Å². The lowest BCUT2D eigenvalue weighted by atomic mass is 9.92. The van der Waals surface area contributed by atoms with E-state index in [2.05, 4.69) is 27.2 Å². The summed E-state index contributed by atoms with van der Waals surface area (Å²) in [5.74, 6) is 7.91. The molecule has 0 amide bonds. The third-order valence-corrected chi connectivity index (χ3v) is 3.51. The highest BCUT2D eigenvalue weighted by molar-refractivity contribution is 5.52. The Hall–Kier alpha value is -1.56. The summed E-state index contributed by atoms with van der Waals surface area (Å²) in [5.41, 5.74) is 8.19. The number of piperidine rings is 1. The fourth-order valence-corrected chi connectivity index (χ4v) is 2.55. The van der Waals surface area contributed by atoms with Gasteiger partial charge in [-0.25, -0.2) is 5.84 Å². The summed E-state index contributed by atoms with van der Waals surface area (Å²) in [6.07, 6.45) is 5.05. The second-order valence-electron chi connectivity index (χ2n) is 4.83. The summed E-state index contributed by atoms with van der Waals surface area (Å²) in [4.78, 5) is 10.5. The van der Waals surface area contributed by atoms with Gasteiger partial charge in [0, 0.05) is 19.2 Å². The van der Waals surface area contributed by atoms with Crippen LogP contribution in [0.3, 0.4) is 0 Å². The molecule has 1 aliphatic heterocycles. The Kier molecular flexibility index (Phi) is 4.19. The number of aromatic nitrogens is 2. The van der Waals surface area contributed by atoms with Gasteiger partial charge in [0.05, 0.1) is 0 Å². The maximum absolute atomic E-state index is 5.67. The van der Waals surface area contributed by atoms with E-state index >= 15 is 0 Å². The van der Waals surface area contributed by atoms with Gasteiger partial charge in [-0.1, -0.05) is 19.8 Å². The van der Waals surface area contributed by atoms with E-state index in [1.165, 1.54) is 25.7 Å². The van der Waals surface area contributed by atoms with Gasteiger partial charge in [-0.15, -0.1) is 0 Å². The van der Waals surface area contributed by atoms with Gasteiger partial charge in [-0.05, 0) is 18.8 Å². The van der Waals surface area contributed by atoms with Crippen molar-refractivity contribution in [2.75, 3.05) is 29.1 Å². The van der Waals surface area contributed by atoms with Crippen LogP contribution in [0.15, 0.2) is 6.07 Å². The van der Waals surface area contributed by atoms with E-state index < -0.39 is 0 Å². The van der Waals surface area contributed by atoms with E-state index in [1.54, 1.807) is 0 Å². The molecule has 18 heavy (non-hydrogen) atoms. The summed E-state index contributed by atoms with van der Waals surface area (Å²) < 4.78 is 0. The number of hydrogen-bond acceptors (Lipinski definition) is 6. The van der Waals surface area contributed by atoms with Crippen molar-refractivity contribution in [2.24, 2.45) is 11.8 Å². The van der Waals surface area contributed by atoms with Gasteiger partial charge in [-0.3, -0.25) is 0 Å². The fraction of sp³-hybridized carbons (Fsp3) is 0.667. The molecule has 0 radical (unpaired) electrons. The molecule has 2 rings (SSSR count). The monoisotopic (exact) mass is 250 g/mol. The van der Waals surface area contributed by atoms with E-state index in [1.807, 2.05) is 6.07 Å². The zero-order chi connectivity index (χ0) is 13.0. The number of hydrogen-bond donors (Lipinski definition) is 3. The van der Waals surface area contributed by atoms with Crippen LogP contribution in [0.1, 0.15) is 32.6 Å². The average molecular weight is 250 g/mol. The predicted octanol–water partition coefficient (Wildman–Crippen LogP) is 1.36. The van der Waals surface area contributed by atoms with Crippen molar-refractivity contribution in [3.63, 3.8) is 0 Å². The molecule has 1 aromatic heterocycles. The van der Waals surface area contributed by atoms with Gasteiger partial charge in [0.25, 0.3) is 0 Å². The van der Waals surface area contributed by atoms with Gasteiger partial charge in [0.2, 0.25) is 5.95 Å². The molecular weight excluding hydrogens is 228 g/mol. The first-order valence-electron chi connectivity index (χ1n) is 6.59. The van der Waals surface area contributed by atoms with E-state index in [0.29, 0.717) is 5.82 Å².